The van der Waals surface area contributed by atoms with Crippen LogP contribution >= 0.6 is 11.6 Å². The van der Waals surface area contributed by atoms with Crippen LogP contribution in [0.4, 0.5) is 5.69 Å². The predicted octanol–water partition coefficient (Wildman–Crippen LogP) is 2.83. The number of hydrogen-bond donors (Lipinski definition) is 1. The van der Waals surface area contributed by atoms with Gasteiger partial charge in [0.05, 0.1) is 23.8 Å². The highest BCUT2D eigenvalue weighted by molar-refractivity contribution is 6.33. The third-order valence-corrected chi connectivity index (χ3v) is 3.12. The topological polar surface area (TPSA) is 46.3 Å². The van der Waals surface area contributed by atoms with E-state index in [9.17, 15) is 4.79 Å². The molecule has 1 amide bonds. The molecule has 2 rings (SSSR count). The van der Waals surface area contributed by atoms with Crippen molar-refractivity contribution >= 4 is 23.2 Å². The van der Waals surface area contributed by atoms with Crippen molar-refractivity contribution in [2.45, 2.75) is 6.54 Å². The summed E-state index contributed by atoms with van der Waals surface area (Å²) in [6.45, 7) is 0.415. The summed E-state index contributed by atoms with van der Waals surface area (Å²) in [5.41, 5.74) is 7.20. The number of nitrogens with zero attached hydrogens (tertiary/aromatic N) is 1. The summed E-state index contributed by atoms with van der Waals surface area (Å²) in [6.07, 6.45) is 0. The minimum absolute atomic E-state index is 0.0436. The summed E-state index contributed by atoms with van der Waals surface area (Å²) in [5.74, 6) is -0.156. The summed E-state index contributed by atoms with van der Waals surface area (Å²) in [5, 5.41) is 0.542. The quantitative estimate of drug-likeness (QED) is 0.932. The molecule has 0 atom stereocenters. The van der Waals surface area contributed by atoms with Gasteiger partial charge in [-0.15, -0.1) is 0 Å². The van der Waals surface area contributed by atoms with Gasteiger partial charge in [0.25, 0.3) is 0 Å². The SMILES string of the molecule is NCC(=O)N(Cc1ccccc1)c1ccccc1Cl. The Balaban J connectivity index is 2.32. The Morgan fingerprint density at radius 3 is 2.32 bits per heavy atom. The third kappa shape index (κ3) is 3.34. The number of anilines is 1. The van der Waals surface area contributed by atoms with Crippen LogP contribution in [0.5, 0.6) is 0 Å². The fourth-order valence-electron chi connectivity index (χ4n) is 1.85. The average Bonchev–Trinajstić information content (AvgIpc) is 2.46. The Labute approximate surface area is 117 Å². The molecule has 0 saturated heterocycles. The van der Waals surface area contributed by atoms with Crippen LogP contribution < -0.4 is 10.6 Å². The lowest BCUT2D eigenvalue weighted by Crippen LogP contribution is -2.35. The van der Waals surface area contributed by atoms with Crippen molar-refractivity contribution in [3.05, 3.63) is 65.2 Å². The number of carbonyl (C=O) groups excluding carboxylic acids is 1. The number of para-hydroxylation sites is 1. The van der Waals surface area contributed by atoms with Crippen molar-refractivity contribution in [3.63, 3.8) is 0 Å². The Hall–Kier alpha value is -1.84. The third-order valence-electron chi connectivity index (χ3n) is 2.80. The molecule has 0 radical (unpaired) electrons. The van der Waals surface area contributed by atoms with Crippen LogP contribution in [0, 0.1) is 0 Å². The standard InChI is InChI=1S/C15H15ClN2O/c16-13-8-4-5-9-14(13)18(15(19)10-17)11-12-6-2-1-3-7-12/h1-9H,10-11,17H2. The largest absolute Gasteiger partial charge is 0.322 e. The molecule has 3 nitrogen and oxygen atoms in total. The molecular weight excluding hydrogens is 260 g/mol. The minimum Gasteiger partial charge on any atom is -0.322 e. The molecule has 0 aromatic heterocycles. The van der Waals surface area contributed by atoms with Gasteiger partial charge in [-0.3, -0.25) is 4.79 Å². The molecule has 0 aliphatic carbocycles. The second-order valence-electron chi connectivity index (χ2n) is 4.12. The summed E-state index contributed by atoms with van der Waals surface area (Å²) in [4.78, 5) is 13.6. The molecule has 0 heterocycles. The number of carbonyl (C=O) groups is 1. The van der Waals surface area contributed by atoms with Crippen LogP contribution in [0.25, 0.3) is 0 Å². The van der Waals surface area contributed by atoms with Gasteiger partial charge < -0.3 is 10.6 Å². The molecule has 0 aliphatic heterocycles. The summed E-state index contributed by atoms with van der Waals surface area (Å²) in [6, 6.07) is 17.0. The molecule has 98 valence electrons. The predicted molar refractivity (Wildman–Crippen MR) is 78.1 cm³/mol. The summed E-state index contributed by atoms with van der Waals surface area (Å²) < 4.78 is 0. The van der Waals surface area contributed by atoms with Crippen molar-refractivity contribution in [1.82, 2.24) is 0 Å². The highest BCUT2D eigenvalue weighted by Crippen LogP contribution is 2.26. The van der Waals surface area contributed by atoms with E-state index in [1.807, 2.05) is 48.5 Å². The molecular formula is C15H15ClN2O. The van der Waals surface area contributed by atoms with Crippen molar-refractivity contribution in [2.24, 2.45) is 5.73 Å². The van der Waals surface area contributed by atoms with Gasteiger partial charge in [-0.1, -0.05) is 54.1 Å². The van der Waals surface area contributed by atoms with E-state index in [0.29, 0.717) is 17.3 Å². The van der Waals surface area contributed by atoms with Crippen LogP contribution in [0.15, 0.2) is 54.6 Å². The molecule has 0 saturated carbocycles. The molecule has 0 bridgehead atoms. The van der Waals surface area contributed by atoms with E-state index in [0.717, 1.165) is 5.56 Å². The zero-order valence-corrected chi connectivity index (χ0v) is 11.2. The first-order valence-corrected chi connectivity index (χ1v) is 6.39. The molecule has 0 spiro atoms. The fraction of sp³-hybridized carbons (Fsp3) is 0.133. The maximum Gasteiger partial charge on any atom is 0.241 e. The Morgan fingerprint density at radius 2 is 1.68 bits per heavy atom. The lowest BCUT2D eigenvalue weighted by molar-refractivity contribution is -0.117. The maximum atomic E-state index is 12.0. The summed E-state index contributed by atoms with van der Waals surface area (Å²) >= 11 is 6.15. The molecule has 0 unspecified atom stereocenters. The first-order valence-electron chi connectivity index (χ1n) is 6.01. The van der Waals surface area contributed by atoms with E-state index in [2.05, 4.69) is 0 Å². The van der Waals surface area contributed by atoms with Crippen molar-refractivity contribution in [1.29, 1.82) is 0 Å². The second-order valence-corrected chi connectivity index (χ2v) is 4.53. The lowest BCUT2D eigenvalue weighted by Gasteiger charge is -2.23. The summed E-state index contributed by atoms with van der Waals surface area (Å²) in [7, 11) is 0. The highest BCUT2D eigenvalue weighted by Gasteiger charge is 2.16. The molecule has 2 aromatic carbocycles. The highest BCUT2D eigenvalue weighted by atomic mass is 35.5. The fourth-order valence-corrected chi connectivity index (χ4v) is 2.09. The minimum atomic E-state index is -0.156. The number of nitrogens with two attached hydrogens (primary N) is 1. The Morgan fingerprint density at radius 1 is 1.05 bits per heavy atom. The van der Waals surface area contributed by atoms with Crippen LogP contribution in [-0.2, 0) is 11.3 Å². The molecule has 2 aromatic rings. The number of benzene rings is 2. The Kier molecular flexibility index (Phi) is 4.55. The lowest BCUT2D eigenvalue weighted by atomic mass is 10.2. The number of amides is 1. The van der Waals surface area contributed by atoms with E-state index < -0.39 is 0 Å². The van der Waals surface area contributed by atoms with Crippen LogP contribution in [0.2, 0.25) is 5.02 Å². The van der Waals surface area contributed by atoms with E-state index >= 15 is 0 Å². The smallest absolute Gasteiger partial charge is 0.241 e. The van der Waals surface area contributed by atoms with Gasteiger partial charge in [-0.2, -0.15) is 0 Å². The maximum absolute atomic E-state index is 12.0. The van der Waals surface area contributed by atoms with Crippen LogP contribution in [0.3, 0.4) is 0 Å². The van der Waals surface area contributed by atoms with Gasteiger partial charge in [0.15, 0.2) is 0 Å². The number of hydrogen-bond acceptors (Lipinski definition) is 2. The molecule has 4 heteroatoms. The van der Waals surface area contributed by atoms with Crippen LogP contribution in [-0.4, -0.2) is 12.5 Å². The normalized spacial score (nSPS) is 10.2. The number of rotatable bonds is 4. The monoisotopic (exact) mass is 274 g/mol. The first kappa shape index (κ1) is 13.6. The van der Waals surface area contributed by atoms with Crippen LogP contribution in [0.1, 0.15) is 5.56 Å². The molecule has 0 fully saturated rings. The van der Waals surface area contributed by atoms with Gasteiger partial charge >= 0.3 is 0 Å². The van der Waals surface area contributed by atoms with Gasteiger partial charge in [-0.25, -0.2) is 0 Å². The zero-order chi connectivity index (χ0) is 13.7. The number of halogens is 1. The van der Waals surface area contributed by atoms with E-state index in [-0.39, 0.29) is 12.5 Å². The first-order chi connectivity index (χ1) is 9.22. The van der Waals surface area contributed by atoms with Gasteiger partial charge in [0.1, 0.15) is 0 Å². The van der Waals surface area contributed by atoms with Crippen molar-refractivity contribution in [3.8, 4) is 0 Å². The van der Waals surface area contributed by atoms with E-state index in [1.54, 1.807) is 11.0 Å². The van der Waals surface area contributed by atoms with Gasteiger partial charge in [0, 0.05) is 0 Å². The van der Waals surface area contributed by atoms with Gasteiger partial charge in [0.2, 0.25) is 5.91 Å². The van der Waals surface area contributed by atoms with E-state index in [4.69, 9.17) is 17.3 Å². The zero-order valence-electron chi connectivity index (χ0n) is 10.4. The van der Waals surface area contributed by atoms with Crippen molar-refractivity contribution in [2.75, 3.05) is 11.4 Å². The van der Waals surface area contributed by atoms with E-state index in [1.165, 1.54) is 0 Å². The van der Waals surface area contributed by atoms with Gasteiger partial charge in [-0.05, 0) is 17.7 Å². The average molecular weight is 275 g/mol. The second kappa shape index (κ2) is 6.36. The molecule has 19 heavy (non-hydrogen) atoms. The van der Waals surface area contributed by atoms with Crippen molar-refractivity contribution < 1.29 is 4.79 Å². The Bertz CT molecular complexity index is 557. The molecule has 0 aliphatic rings. The molecule has 2 N–H and O–H groups in total.